The third-order valence-corrected chi connectivity index (χ3v) is 10.3. The highest BCUT2D eigenvalue weighted by Gasteiger charge is 2.64. The molecule has 3 amide bonds. The molecule has 280 valence electrons. The Morgan fingerprint density at radius 2 is 1.94 bits per heavy atom. The Kier molecular flexibility index (Phi) is 11.4. The van der Waals surface area contributed by atoms with Crippen molar-refractivity contribution in [2.24, 2.45) is 5.92 Å². The lowest BCUT2D eigenvalue weighted by Gasteiger charge is -2.42. The summed E-state index contributed by atoms with van der Waals surface area (Å²) in [5, 5.41) is 27.9. The first-order valence-electron chi connectivity index (χ1n) is 16.3. The molecule has 3 aliphatic rings. The monoisotopic (exact) mass is 762 g/mol. The minimum absolute atomic E-state index is 0.0832. The van der Waals surface area contributed by atoms with E-state index < -0.39 is 64.7 Å². The van der Waals surface area contributed by atoms with Gasteiger partial charge in [-0.3, -0.25) is 25.5 Å². The summed E-state index contributed by atoms with van der Waals surface area (Å²) in [5.74, 6) is -0.716. The highest BCUT2D eigenvalue weighted by Crippen LogP contribution is 2.49. The molecule has 5 rings (SSSR count). The number of nitro benzene ring substituents is 1. The van der Waals surface area contributed by atoms with Crippen molar-refractivity contribution in [1.82, 2.24) is 5.32 Å². The molecule has 15 nitrogen and oxygen atoms in total. The van der Waals surface area contributed by atoms with Gasteiger partial charge in [0, 0.05) is 38.2 Å². The van der Waals surface area contributed by atoms with Gasteiger partial charge in [0.2, 0.25) is 5.91 Å². The van der Waals surface area contributed by atoms with Crippen LogP contribution in [-0.4, -0.2) is 85.1 Å². The Labute approximate surface area is 309 Å². The summed E-state index contributed by atoms with van der Waals surface area (Å²) in [7, 11) is 4.41. The van der Waals surface area contributed by atoms with Gasteiger partial charge in [-0.2, -0.15) is 0 Å². The van der Waals surface area contributed by atoms with E-state index in [1.165, 1.54) is 38.3 Å². The SMILES string of the molecule is COc1cc2cc(c1Cl)N(C)C(=O)C[C@H](OC(=O)Nc1ccc([N+](=O)[O-])c(Cl)c1)[C@]1(C)O[C@H]1[C@H](C)[C@@H]1C[C@@](O)(NC(=O)O1)[C@H](OC)/C=C/C=C(\C)C2. The number of carbonyl (C=O) groups is 3. The van der Waals surface area contributed by atoms with E-state index in [0.29, 0.717) is 17.9 Å². The van der Waals surface area contributed by atoms with Gasteiger partial charge in [-0.05, 0) is 50.1 Å². The summed E-state index contributed by atoms with van der Waals surface area (Å²) in [4.78, 5) is 52.0. The maximum absolute atomic E-state index is 14.0. The zero-order chi connectivity index (χ0) is 38.1. The molecular weight excluding hydrogens is 723 g/mol. The summed E-state index contributed by atoms with van der Waals surface area (Å²) < 4.78 is 28.8. The van der Waals surface area contributed by atoms with Crippen LogP contribution >= 0.6 is 23.2 Å². The lowest BCUT2D eigenvalue weighted by molar-refractivity contribution is -0.384. The number of aliphatic hydroxyl groups is 1. The van der Waals surface area contributed by atoms with Crippen molar-refractivity contribution >= 4 is 58.4 Å². The fourth-order valence-corrected chi connectivity index (χ4v) is 7.18. The van der Waals surface area contributed by atoms with E-state index in [1.54, 1.807) is 38.1 Å². The third-order valence-electron chi connectivity index (χ3n) is 9.59. The molecule has 0 unspecified atom stereocenters. The second-order valence-corrected chi connectivity index (χ2v) is 14.0. The van der Waals surface area contributed by atoms with Crippen LogP contribution in [0.3, 0.4) is 0 Å². The number of alkyl carbamates (subject to hydrolysis) is 1. The predicted octanol–water partition coefficient (Wildman–Crippen LogP) is 5.93. The first-order valence-corrected chi connectivity index (χ1v) is 17.1. The highest BCUT2D eigenvalue weighted by atomic mass is 35.5. The van der Waals surface area contributed by atoms with Gasteiger partial charge in [0.25, 0.3) is 5.69 Å². The number of ether oxygens (including phenoxy) is 5. The molecule has 0 aliphatic carbocycles. The van der Waals surface area contributed by atoms with Crippen LogP contribution < -0.4 is 20.3 Å². The third kappa shape index (κ3) is 8.13. The van der Waals surface area contributed by atoms with E-state index in [1.807, 2.05) is 13.0 Å². The Hall–Kier alpha value is -4.41. The van der Waals surface area contributed by atoms with Gasteiger partial charge in [0.15, 0.2) is 5.72 Å². The predicted molar refractivity (Wildman–Crippen MR) is 191 cm³/mol. The lowest BCUT2D eigenvalue weighted by atomic mass is 9.83. The van der Waals surface area contributed by atoms with Crippen molar-refractivity contribution in [3.05, 3.63) is 79.9 Å². The van der Waals surface area contributed by atoms with Crippen LogP contribution in [0.5, 0.6) is 5.75 Å². The van der Waals surface area contributed by atoms with Gasteiger partial charge in [-0.1, -0.05) is 53.9 Å². The summed E-state index contributed by atoms with van der Waals surface area (Å²) in [5.41, 5.74) is -1.34. The van der Waals surface area contributed by atoms with Crippen molar-refractivity contribution < 1.29 is 48.1 Å². The number of nitrogens with zero attached hydrogens (tertiary/aromatic N) is 2. The quantitative estimate of drug-likeness (QED) is 0.186. The van der Waals surface area contributed by atoms with Crippen LogP contribution in [0.1, 0.15) is 39.2 Å². The molecule has 17 heteroatoms. The van der Waals surface area contributed by atoms with Crippen LogP contribution in [0.4, 0.5) is 26.7 Å². The standard InChI is InChI=1S/C35H40Cl2N4O11/c1-18-8-7-9-27(49-6)35(45)17-26(50-33(44)39-35)19(2)31-34(3,52-31)28(51-32(43)38-21-10-11-23(41(46)47)22(36)15-21)16-29(42)40(4)24-13-20(12-18)14-25(48-5)30(24)37/h7-11,13-15,19,26-28,31,45H,12,16-17H2,1-6H3,(H,38,43)(H,39,44)/b9-7+,18-8+/t19-,26+,27-,28+,31+,34+,35+/m1/s1. The number of methoxy groups -OCH3 is 2. The van der Waals surface area contributed by atoms with Gasteiger partial charge in [-0.25, -0.2) is 9.59 Å². The molecule has 3 heterocycles. The molecule has 3 N–H and O–H groups in total. The van der Waals surface area contributed by atoms with E-state index in [4.69, 9.17) is 46.9 Å². The molecule has 52 heavy (non-hydrogen) atoms. The number of fused-ring (bicyclic) bond motifs is 5. The van der Waals surface area contributed by atoms with Gasteiger partial charge in [0.05, 0.1) is 30.2 Å². The van der Waals surface area contributed by atoms with Crippen LogP contribution in [0.25, 0.3) is 0 Å². The topological polar surface area (TPSA) is 191 Å². The van der Waals surface area contributed by atoms with Gasteiger partial charge >= 0.3 is 12.2 Å². The molecule has 0 aromatic heterocycles. The number of nitrogens with one attached hydrogen (secondary N) is 2. The van der Waals surface area contributed by atoms with Gasteiger partial charge in [0.1, 0.15) is 39.7 Å². The molecular formula is C35H40Cl2N4O11. The number of benzene rings is 2. The number of amides is 3. The Morgan fingerprint density at radius 1 is 1.21 bits per heavy atom. The Balaban J connectivity index is 1.53. The fraction of sp³-hybridized carbons (Fsp3) is 0.457. The normalized spacial score (nSPS) is 30.8. The van der Waals surface area contributed by atoms with Crippen LogP contribution in [0, 0.1) is 16.0 Å². The molecule has 2 aromatic rings. The second kappa shape index (κ2) is 15.3. The minimum atomic E-state index is -1.85. The van der Waals surface area contributed by atoms with Crippen molar-refractivity contribution in [2.45, 2.75) is 75.8 Å². The zero-order valence-corrected chi connectivity index (χ0v) is 30.8. The molecule has 0 spiro atoms. The van der Waals surface area contributed by atoms with Crippen molar-refractivity contribution in [2.75, 3.05) is 31.5 Å². The number of hydrogen-bond donors (Lipinski definition) is 3. The number of hydrogen-bond acceptors (Lipinski definition) is 11. The van der Waals surface area contributed by atoms with Crippen LogP contribution in [0.2, 0.25) is 10.0 Å². The molecule has 0 saturated carbocycles. The molecule has 2 fully saturated rings. The molecule has 7 atom stereocenters. The van der Waals surface area contributed by atoms with Crippen LogP contribution in [0.15, 0.2) is 54.1 Å². The summed E-state index contributed by atoms with van der Waals surface area (Å²) in [6, 6.07) is 7.13. The number of nitro groups is 1. The molecule has 2 aromatic carbocycles. The fourth-order valence-electron chi connectivity index (χ4n) is 6.61. The van der Waals surface area contributed by atoms with E-state index in [9.17, 15) is 29.6 Å². The highest BCUT2D eigenvalue weighted by molar-refractivity contribution is 6.35. The van der Waals surface area contributed by atoms with Crippen molar-refractivity contribution in [3.8, 4) is 5.75 Å². The number of allylic oxidation sites excluding steroid dienone is 3. The van der Waals surface area contributed by atoms with E-state index in [2.05, 4.69) is 10.6 Å². The molecule has 0 radical (unpaired) electrons. The van der Waals surface area contributed by atoms with Gasteiger partial charge in [-0.15, -0.1) is 0 Å². The smallest absolute Gasteiger partial charge is 0.412 e. The zero-order valence-electron chi connectivity index (χ0n) is 29.3. The number of anilines is 2. The average molecular weight is 764 g/mol. The molecule has 3 aliphatic heterocycles. The largest absolute Gasteiger partial charge is 0.495 e. The maximum Gasteiger partial charge on any atom is 0.412 e. The summed E-state index contributed by atoms with van der Waals surface area (Å²) in [6.07, 6.45) is -0.469. The number of epoxide rings is 1. The van der Waals surface area contributed by atoms with E-state index >= 15 is 0 Å². The lowest BCUT2D eigenvalue weighted by Crippen LogP contribution is -2.63. The summed E-state index contributed by atoms with van der Waals surface area (Å²) >= 11 is 12.7. The number of carbonyl (C=O) groups excluding carboxylic acids is 3. The second-order valence-electron chi connectivity index (χ2n) is 13.2. The molecule has 2 saturated heterocycles. The maximum atomic E-state index is 14.0. The first-order chi connectivity index (χ1) is 24.5. The summed E-state index contributed by atoms with van der Waals surface area (Å²) in [6.45, 7) is 5.32. The number of halogens is 2. The van der Waals surface area contributed by atoms with Gasteiger partial charge < -0.3 is 33.7 Å². The Morgan fingerprint density at radius 3 is 2.60 bits per heavy atom. The Bertz CT molecular complexity index is 1820. The van der Waals surface area contributed by atoms with Crippen molar-refractivity contribution in [3.63, 3.8) is 0 Å². The number of rotatable bonds is 5. The van der Waals surface area contributed by atoms with Crippen molar-refractivity contribution in [1.29, 1.82) is 0 Å². The average Bonchev–Trinajstić information content (AvgIpc) is 3.77. The van der Waals surface area contributed by atoms with E-state index in [-0.39, 0.29) is 34.3 Å². The van der Waals surface area contributed by atoms with E-state index in [0.717, 1.165) is 17.2 Å². The first kappa shape index (κ1) is 38.8. The minimum Gasteiger partial charge on any atom is -0.495 e. The van der Waals surface area contributed by atoms with Crippen LogP contribution in [-0.2, 0) is 30.2 Å². The molecule has 4 bridgehead atoms.